The maximum Gasteiger partial charge on any atom is 0.311 e. The van der Waals surface area contributed by atoms with Crippen molar-refractivity contribution in [1.29, 1.82) is 0 Å². The summed E-state index contributed by atoms with van der Waals surface area (Å²) in [5.41, 5.74) is -4.51. The van der Waals surface area contributed by atoms with E-state index in [-0.39, 0.29) is 31.4 Å². The normalized spacial score (nSPS) is 51.1. The van der Waals surface area contributed by atoms with Crippen molar-refractivity contribution in [3.8, 4) is 0 Å². The predicted octanol–water partition coefficient (Wildman–Crippen LogP) is 2.26. The molecule has 0 amide bonds. The minimum atomic E-state index is -1.90. The Labute approximate surface area is 293 Å². The number of nitrogens with one attached hydrogen (secondary N) is 1. The fourth-order valence-corrected chi connectivity index (χ4v) is 8.38. The number of hydrogen-bond acceptors (Lipinski definition) is 13. The van der Waals surface area contributed by atoms with Crippen LogP contribution in [-0.4, -0.2) is 130 Å². The zero-order valence-corrected chi connectivity index (χ0v) is 31.8. The van der Waals surface area contributed by atoms with Gasteiger partial charge in [0, 0.05) is 37.8 Å². The summed E-state index contributed by atoms with van der Waals surface area (Å²) in [6.07, 6.45) is -7.29. The van der Waals surface area contributed by atoms with Gasteiger partial charge < -0.3 is 59.3 Å². The second-order valence-electron chi connectivity index (χ2n) is 16.0. The Balaban J connectivity index is 2.14. The molecule has 13 heteroatoms. The van der Waals surface area contributed by atoms with Gasteiger partial charge in [-0.15, -0.1) is 0 Å². The van der Waals surface area contributed by atoms with E-state index in [1.165, 1.54) is 14.0 Å². The van der Waals surface area contributed by atoms with Crippen LogP contribution in [0.2, 0.25) is 0 Å². The van der Waals surface area contributed by atoms with E-state index in [1.54, 1.807) is 48.5 Å². The van der Waals surface area contributed by atoms with E-state index in [2.05, 4.69) is 5.32 Å². The minimum Gasteiger partial charge on any atom is -0.459 e. The molecule has 1 unspecified atom stereocenters. The molecule has 6 N–H and O–H groups in total. The lowest BCUT2D eigenvalue weighted by Crippen LogP contribution is -2.60. The van der Waals surface area contributed by atoms with Gasteiger partial charge in [0.1, 0.15) is 17.8 Å². The van der Waals surface area contributed by atoms with Gasteiger partial charge in [-0.1, -0.05) is 27.7 Å². The van der Waals surface area contributed by atoms with Gasteiger partial charge in [-0.3, -0.25) is 4.79 Å². The zero-order valence-electron chi connectivity index (χ0n) is 31.8. The van der Waals surface area contributed by atoms with Crippen molar-refractivity contribution in [1.82, 2.24) is 5.32 Å². The molecule has 3 heterocycles. The molecule has 0 aromatic rings. The summed E-state index contributed by atoms with van der Waals surface area (Å²) in [7, 11) is 3.39. The number of esters is 1. The fourth-order valence-electron chi connectivity index (χ4n) is 8.38. The van der Waals surface area contributed by atoms with Crippen LogP contribution in [0.25, 0.3) is 0 Å². The molecule has 0 aliphatic carbocycles. The minimum absolute atomic E-state index is 0.0494. The van der Waals surface area contributed by atoms with Gasteiger partial charge in [0.15, 0.2) is 12.6 Å². The lowest BCUT2D eigenvalue weighted by atomic mass is 9.73. The molecule has 3 fully saturated rings. The summed E-state index contributed by atoms with van der Waals surface area (Å²) in [5, 5.41) is 60.9. The van der Waals surface area contributed by atoms with Crippen LogP contribution in [0.5, 0.6) is 0 Å². The van der Waals surface area contributed by atoms with Gasteiger partial charge in [-0.2, -0.15) is 0 Å². The van der Waals surface area contributed by atoms with Crippen LogP contribution < -0.4 is 5.32 Å². The molecule has 13 nitrogen and oxygen atoms in total. The lowest BCUT2D eigenvalue weighted by molar-refractivity contribution is -0.308. The maximum absolute atomic E-state index is 14.0. The third-order valence-electron chi connectivity index (χ3n) is 11.7. The van der Waals surface area contributed by atoms with Gasteiger partial charge in [-0.05, 0) is 73.8 Å². The number of methoxy groups -OCH3 is 1. The van der Waals surface area contributed by atoms with Gasteiger partial charge in [0.25, 0.3) is 0 Å². The van der Waals surface area contributed by atoms with Crippen LogP contribution in [0.15, 0.2) is 0 Å². The molecule has 3 saturated heterocycles. The molecule has 288 valence electrons. The predicted molar refractivity (Wildman–Crippen MR) is 181 cm³/mol. The Morgan fingerprint density at radius 2 is 1.51 bits per heavy atom. The lowest BCUT2D eigenvalue weighted by Gasteiger charge is -2.48. The van der Waals surface area contributed by atoms with E-state index >= 15 is 0 Å². The highest BCUT2D eigenvalue weighted by Crippen LogP contribution is 2.41. The smallest absolute Gasteiger partial charge is 0.311 e. The molecule has 0 spiro atoms. The van der Waals surface area contributed by atoms with E-state index < -0.39 is 102 Å². The molecule has 3 rings (SSSR count). The number of carbonyl (C=O) groups is 1. The first-order valence-corrected chi connectivity index (χ1v) is 18.2. The number of hydrogen-bond donors (Lipinski definition) is 6. The van der Waals surface area contributed by atoms with E-state index in [0.29, 0.717) is 6.42 Å². The summed E-state index contributed by atoms with van der Waals surface area (Å²) in [5.74, 6) is -3.75. The first kappa shape index (κ1) is 42.4. The number of cyclic esters (lactones) is 1. The van der Waals surface area contributed by atoms with Crippen molar-refractivity contribution in [3.05, 3.63) is 0 Å². The first-order valence-electron chi connectivity index (χ1n) is 18.2. The topological polar surface area (TPSA) is 186 Å². The summed E-state index contributed by atoms with van der Waals surface area (Å²) >= 11 is 0. The third kappa shape index (κ3) is 9.53. The zero-order chi connectivity index (χ0) is 37.2. The number of aliphatic hydroxyl groups is 5. The fraction of sp³-hybridized carbons (Fsp3) is 0.972. The maximum atomic E-state index is 14.0. The van der Waals surface area contributed by atoms with Crippen molar-refractivity contribution in [2.24, 2.45) is 23.7 Å². The van der Waals surface area contributed by atoms with Gasteiger partial charge in [-0.25, -0.2) is 0 Å². The number of aliphatic hydroxyl groups excluding tert-OH is 3. The highest BCUT2D eigenvalue weighted by atomic mass is 16.7. The standard InChI is InChI=1S/C36H67NO12/c1-13-25-36(10,43)30(39)20(4)28(38)18(2)16-34(8,42)32(49-26-15-24(37-11)14-19(3)45-26)21(5)29(22(6)33(41)47-25)48-27-17-35(9,44-12)31(40)23(7)46-27/h18-32,37-40,42-43H,13-17H2,1-12H3/t18-,19-,20+,21+,22-,23+,24+,25-,26+,27+,28+,29+,30-,31+,32-,34?,35-,36-/m1/s1. The van der Waals surface area contributed by atoms with E-state index in [4.69, 9.17) is 28.4 Å². The Bertz CT molecular complexity index is 1060. The van der Waals surface area contributed by atoms with E-state index in [1.807, 2.05) is 20.9 Å². The molecule has 0 aromatic carbocycles. The third-order valence-corrected chi connectivity index (χ3v) is 11.7. The largest absolute Gasteiger partial charge is 0.459 e. The monoisotopic (exact) mass is 705 g/mol. The van der Waals surface area contributed by atoms with Crippen LogP contribution in [0, 0.1) is 23.7 Å². The number of carbonyl (C=O) groups excluding carboxylic acids is 1. The Morgan fingerprint density at radius 1 is 0.878 bits per heavy atom. The van der Waals surface area contributed by atoms with Crippen molar-refractivity contribution >= 4 is 5.97 Å². The Hall–Kier alpha value is -0.970. The van der Waals surface area contributed by atoms with Gasteiger partial charge >= 0.3 is 5.97 Å². The SMILES string of the molecule is CC[C@H]1OC(=O)[C@H](C)[C@@H](O[C@H]2C[C@@](C)(OC)[C@@H](O)[C@H](C)O2)[C@H](C)[C@@H](O[C@H]2C[C@@H](NC)C[C@@H](C)O2)C(C)(O)C[C@@H](C)[C@H](O)[C@H](C)[C@@H](O)[C@]1(C)O. The second-order valence-corrected chi connectivity index (χ2v) is 16.0. The van der Waals surface area contributed by atoms with Crippen LogP contribution in [0.1, 0.15) is 101 Å². The summed E-state index contributed by atoms with van der Waals surface area (Å²) in [6.45, 7) is 17.1. The van der Waals surface area contributed by atoms with E-state index in [0.717, 1.165) is 6.42 Å². The summed E-state index contributed by atoms with van der Waals surface area (Å²) in [4.78, 5) is 14.0. The molecule has 0 aromatic heterocycles. The quantitative estimate of drug-likeness (QED) is 0.212. The van der Waals surface area contributed by atoms with Crippen molar-refractivity contribution in [3.63, 3.8) is 0 Å². The van der Waals surface area contributed by atoms with Crippen molar-refractivity contribution < 1.29 is 58.7 Å². The average molecular weight is 706 g/mol. The highest BCUT2D eigenvalue weighted by Gasteiger charge is 2.52. The molecule has 3 aliphatic heterocycles. The van der Waals surface area contributed by atoms with Crippen LogP contribution in [0.4, 0.5) is 0 Å². The van der Waals surface area contributed by atoms with Gasteiger partial charge in [0.05, 0.1) is 53.7 Å². The Kier molecular flexibility index (Phi) is 14.5. The first-order chi connectivity index (χ1) is 22.6. The molecule has 18 atom stereocenters. The number of ether oxygens (including phenoxy) is 6. The molecular formula is C36H67NO12. The molecule has 0 saturated carbocycles. The Morgan fingerprint density at radius 3 is 2.08 bits per heavy atom. The molecule has 49 heavy (non-hydrogen) atoms. The van der Waals surface area contributed by atoms with Crippen LogP contribution >= 0.6 is 0 Å². The van der Waals surface area contributed by atoms with Gasteiger partial charge in [0.2, 0.25) is 0 Å². The van der Waals surface area contributed by atoms with Crippen molar-refractivity contribution in [2.75, 3.05) is 14.2 Å². The van der Waals surface area contributed by atoms with E-state index in [9.17, 15) is 30.3 Å². The highest BCUT2D eigenvalue weighted by molar-refractivity contribution is 5.73. The molecule has 3 aliphatic rings. The summed E-state index contributed by atoms with van der Waals surface area (Å²) < 4.78 is 37.4. The van der Waals surface area contributed by atoms with Crippen LogP contribution in [-0.2, 0) is 33.2 Å². The molecule has 0 bridgehead atoms. The average Bonchev–Trinajstić information content (AvgIpc) is 3.04. The van der Waals surface area contributed by atoms with Crippen molar-refractivity contribution in [2.45, 2.75) is 186 Å². The number of rotatable bonds is 7. The molecular weight excluding hydrogens is 638 g/mol. The summed E-state index contributed by atoms with van der Waals surface area (Å²) in [6, 6.07) is 0.116. The molecule has 0 radical (unpaired) electrons. The van der Waals surface area contributed by atoms with Crippen LogP contribution in [0.3, 0.4) is 0 Å². The second kappa shape index (κ2) is 16.8.